The van der Waals surface area contributed by atoms with Crippen LogP contribution >= 0.6 is 0 Å². The monoisotopic (exact) mass is 295 g/mol. The van der Waals surface area contributed by atoms with Crippen molar-refractivity contribution in [2.45, 2.75) is 13.1 Å². The van der Waals surface area contributed by atoms with E-state index in [1.165, 1.54) is 30.6 Å². The molecule has 0 bridgehead atoms. The van der Waals surface area contributed by atoms with Crippen molar-refractivity contribution in [2.24, 2.45) is 0 Å². The molecule has 21 heavy (non-hydrogen) atoms. The van der Waals surface area contributed by atoms with E-state index in [1.807, 2.05) is 0 Å². The predicted molar refractivity (Wildman–Crippen MR) is 70.6 cm³/mol. The number of aromatic nitrogens is 1. The molecule has 0 atom stereocenters. The standard InChI is InChI=1S/C15H12F3NO2/c1-2-21-14(20)11-3-4-13(15(16,17)18)12(9-11)10-5-7-19-8-6-10/h3-9H,2H2,1H3. The molecule has 0 amide bonds. The molecule has 2 aromatic rings. The highest BCUT2D eigenvalue weighted by Crippen LogP contribution is 2.37. The van der Waals surface area contributed by atoms with Crippen molar-refractivity contribution in [3.63, 3.8) is 0 Å². The Kier molecular flexibility index (Phi) is 4.26. The summed E-state index contributed by atoms with van der Waals surface area (Å²) in [4.78, 5) is 15.5. The van der Waals surface area contributed by atoms with Gasteiger partial charge in [-0.25, -0.2) is 4.79 Å². The van der Waals surface area contributed by atoms with Crippen molar-refractivity contribution in [3.8, 4) is 11.1 Å². The fraction of sp³-hybridized carbons (Fsp3) is 0.200. The summed E-state index contributed by atoms with van der Waals surface area (Å²) >= 11 is 0. The van der Waals surface area contributed by atoms with Crippen molar-refractivity contribution in [3.05, 3.63) is 53.9 Å². The van der Waals surface area contributed by atoms with Crippen LogP contribution in [-0.4, -0.2) is 17.6 Å². The van der Waals surface area contributed by atoms with Crippen molar-refractivity contribution in [2.75, 3.05) is 6.61 Å². The summed E-state index contributed by atoms with van der Waals surface area (Å²) < 4.78 is 44.1. The van der Waals surface area contributed by atoms with E-state index in [2.05, 4.69) is 4.98 Å². The van der Waals surface area contributed by atoms with E-state index < -0.39 is 17.7 Å². The number of alkyl halides is 3. The Morgan fingerprint density at radius 1 is 1.19 bits per heavy atom. The largest absolute Gasteiger partial charge is 0.462 e. The number of benzene rings is 1. The summed E-state index contributed by atoms with van der Waals surface area (Å²) in [5.74, 6) is -0.651. The van der Waals surface area contributed by atoms with E-state index in [9.17, 15) is 18.0 Å². The first-order valence-corrected chi connectivity index (χ1v) is 6.22. The van der Waals surface area contributed by atoms with E-state index in [1.54, 1.807) is 6.92 Å². The van der Waals surface area contributed by atoms with Crippen molar-refractivity contribution >= 4 is 5.97 Å². The third-order valence-corrected chi connectivity index (χ3v) is 2.83. The van der Waals surface area contributed by atoms with E-state index in [0.717, 1.165) is 12.1 Å². The molecular weight excluding hydrogens is 283 g/mol. The van der Waals surface area contributed by atoms with Gasteiger partial charge in [0, 0.05) is 12.4 Å². The van der Waals surface area contributed by atoms with Crippen LogP contribution in [-0.2, 0) is 10.9 Å². The summed E-state index contributed by atoms with van der Waals surface area (Å²) in [5, 5.41) is 0. The summed E-state index contributed by atoms with van der Waals surface area (Å²) in [6.07, 6.45) is -1.72. The van der Waals surface area contributed by atoms with Crippen LogP contribution in [0.25, 0.3) is 11.1 Å². The molecule has 1 heterocycles. The Morgan fingerprint density at radius 3 is 2.43 bits per heavy atom. The minimum atomic E-state index is -4.51. The highest BCUT2D eigenvalue weighted by molar-refractivity contribution is 5.91. The van der Waals surface area contributed by atoms with E-state index in [-0.39, 0.29) is 17.7 Å². The molecule has 0 aliphatic rings. The molecule has 3 nitrogen and oxygen atoms in total. The Labute approximate surface area is 119 Å². The molecule has 0 fully saturated rings. The molecule has 0 unspecified atom stereocenters. The lowest BCUT2D eigenvalue weighted by molar-refractivity contribution is -0.137. The fourth-order valence-electron chi connectivity index (χ4n) is 1.90. The van der Waals surface area contributed by atoms with Gasteiger partial charge in [0.2, 0.25) is 0 Å². The van der Waals surface area contributed by atoms with Gasteiger partial charge in [0.05, 0.1) is 17.7 Å². The molecule has 0 aliphatic carbocycles. The van der Waals surface area contributed by atoms with Gasteiger partial charge in [-0.3, -0.25) is 4.98 Å². The second kappa shape index (κ2) is 5.95. The zero-order valence-corrected chi connectivity index (χ0v) is 11.1. The van der Waals surface area contributed by atoms with Gasteiger partial charge in [-0.2, -0.15) is 13.2 Å². The predicted octanol–water partition coefficient (Wildman–Crippen LogP) is 3.94. The Morgan fingerprint density at radius 2 is 1.86 bits per heavy atom. The first-order chi connectivity index (χ1) is 9.93. The molecule has 1 aromatic carbocycles. The fourth-order valence-corrected chi connectivity index (χ4v) is 1.90. The highest BCUT2D eigenvalue weighted by atomic mass is 19.4. The second-order valence-corrected chi connectivity index (χ2v) is 4.21. The van der Waals surface area contributed by atoms with Crippen molar-refractivity contribution in [1.82, 2.24) is 4.98 Å². The molecule has 0 aliphatic heterocycles. The van der Waals surface area contributed by atoms with Gasteiger partial charge < -0.3 is 4.74 Å². The summed E-state index contributed by atoms with van der Waals surface area (Å²) in [5.41, 5.74) is -0.461. The normalized spacial score (nSPS) is 11.2. The molecule has 0 N–H and O–H groups in total. The molecule has 2 rings (SSSR count). The van der Waals surface area contributed by atoms with E-state index in [4.69, 9.17) is 4.74 Å². The zero-order valence-electron chi connectivity index (χ0n) is 11.1. The van der Waals surface area contributed by atoms with Crippen molar-refractivity contribution in [1.29, 1.82) is 0 Å². The summed E-state index contributed by atoms with van der Waals surface area (Å²) in [7, 11) is 0. The van der Waals surface area contributed by atoms with Crippen LogP contribution in [0.3, 0.4) is 0 Å². The van der Waals surface area contributed by atoms with Crippen LogP contribution < -0.4 is 0 Å². The Hall–Kier alpha value is -2.37. The molecule has 0 radical (unpaired) electrons. The molecule has 110 valence electrons. The topological polar surface area (TPSA) is 39.2 Å². The van der Waals surface area contributed by atoms with Gasteiger partial charge in [-0.1, -0.05) is 0 Å². The summed E-state index contributed by atoms with van der Waals surface area (Å²) in [6.45, 7) is 1.79. The SMILES string of the molecule is CCOC(=O)c1ccc(C(F)(F)F)c(-c2ccncc2)c1. The van der Waals surface area contributed by atoms with Crippen LogP contribution in [0, 0.1) is 0 Å². The Balaban J connectivity index is 2.57. The number of carbonyl (C=O) groups is 1. The van der Waals surface area contributed by atoms with Crippen LogP contribution in [0.4, 0.5) is 13.2 Å². The maximum Gasteiger partial charge on any atom is 0.417 e. The lowest BCUT2D eigenvalue weighted by atomic mass is 9.97. The average molecular weight is 295 g/mol. The van der Waals surface area contributed by atoms with E-state index in [0.29, 0.717) is 5.56 Å². The molecule has 0 spiro atoms. The van der Waals surface area contributed by atoms with Crippen LogP contribution in [0.2, 0.25) is 0 Å². The quantitative estimate of drug-likeness (QED) is 0.805. The second-order valence-electron chi connectivity index (χ2n) is 4.21. The maximum atomic E-state index is 13.1. The highest BCUT2D eigenvalue weighted by Gasteiger charge is 2.34. The number of esters is 1. The first-order valence-electron chi connectivity index (χ1n) is 6.22. The van der Waals surface area contributed by atoms with Gasteiger partial charge in [-0.15, -0.1) is 0 Å². The number of rotatable bonds is 3. The molecule has 0 saturated carbocycles. The zero-order chi connectivity index (χ0) is 15.5. The lowest BCUT2D eigenvalue weighted by Gasteiger charge is -2.14. The van der Waals surface area contributed by atoms with Crippen molar-refractivity contribution < 1.29 is 22.7 Å². The molecular formula is C15H12F3NO2. The number of pyridine rings is 1. The van der Waals surface area contributed by atoms with Gasteiger partial charge in [0.15, 0.2) is 0 Å². The number of carbonyl (C=O) groups excluding carboxylic acids is 1. The summed E-state index contributed by atoms with van der Waals surface area (Å²) in [6, 6.07) is 6.11. The number of halogens is 3. The number of hydrogen-bond acceptors (Lipinski definition) is 3. The van der Waals surface area contributed by atoms with Gasteiger partial charge in [0.1, 0.15) is 0 Å². The lowest BCUT2D eigenvalue weighted by Crippen LogP contribution is -2.10. The maximum absolute atomic E-state index is 13.1. The first kappa shape index (κ1) is 15.0. The van der Waals surface area contributed by atoms with E-state index >= 15 is 0 Å². The van der Waals surface area contributed by atoms with Crippen LogP contribution in [0.15, 0.2) is 42.7 Å². The third-order valence-electron chi connectivity index (χ3n) is 2.83. The third kappa shape index (κ3) is 3.39. The average Bonchev–Trinajstić information content (AvgIpc) is 2.47. The smallest absolute Gasteiger partial charge is 0.417 e. The molecule has 6 heteroatoms. The molecule has 1 aromatic heterocycles. The Bertz CT molecular complexity index is 639. The van der Waals surface area contributed by atoms with Gasteiger partial charge in [0.25, 0.3) is 0 Å². The van der Waals surface area contributed by atoms with Crippen LogP contribution in [0.1, 0.15) is 22.8 Å². The minimum Gasteiger partial charge on any atom is -0.462 e. The van der Waals surface area contributed by atoms with Crippen LogP contribution in [0.5, 0.6) is 0 Å². The minimum absolute atomic E-state index is 0.0737. The number of nitrogens with zero attached hydrogens (tertiary/aromatic N) is 1. The number of hydrogen-bond donors (Lipinski definition) is 0. The van der Waals surface area contributed by atoms with Gasteiger partial charge in [-0.05, 0) is 48.4 Å². The molecule has 0 saturated heterocycles. The number of ether oxygens (including phenoxy) is 1. The van der Waals surface area contributed by atoms with Gasteiger partial charge >= 0.3 is 12.1 Å².